The van der Waals surface area contributed by atoms with Crippen LogP contribution in [0.2, 0.25) is 0 Å². The van der Waals surface area contributed by atoms with Gasteiger partial charge < -0.3 is 15.0 Å². The van der Waals surface area contributed by atoms with E-state index in [2.05, 4.69) is 39.9 Å². The molecule has 1 aliphatic heterocycles. The Morgan fingerprint density at radius 2 is 2.19 bits per heavy atom. The fraction of sp³-hybridized carbons (Fsp3) is 0.562. The van der Waals surface area contributed by atoms with Crippen LogP contribution in [0.3, 0.4) is 0 Å². The Labute approximate surface area is 140 Å². The first kappa shape index (κ1) is 16.5. The highest BCUT2D eigenvalue weighted by atomic mass is 127. The number of ether oxygens (including phenoxy) is 1. The Bertz CT molecular complexity index is 450. The van der Waals surface area contributed by atoms with Crippen molar-refractivity contribution >= 4 is 28.5 Å². The van der Waals surface area contributed by atoms with Crippen LogP contribution in [0.1, 0.15) is 25.7 Å². The first-order valence-corrected chi connectivity index (χ1v) is 8.58. The van der Waals surface area contributed by atoms with Gasteiger partial charge in [0, 0.05) is 22.6 Å². The maximum Gasteiger partial charge on any atom is 0.220 e. The minimum atomic E-state index is 0.126. The van der Waals surface area contributed by atoms with Gasteiger partial charge >= 0.3 is 0 Å². The molecule has 1 aromatic rings. The molecular weight excluding hydrogens is 379 g/mol. The Kier molecular flexibility index (Phi) is 6.76. The van der Waals surface area contributed by atoms with Gasteiger partial charge in [0.25, 0.3) is 0 Å². The van der Waals surface area contributed by atoms with Gasteiger partial charge in [-0.3, -0.25) is 4.79 Å². The number of amides is 1. The van der Waals surface area contributed by atoms with Gasteiger partial charge in [-0.1, -0.05) is 0 Å². The summed E-state index contributed by atoms with van der Waals surface area (Å²) in [7, 11) is 2.12. The highest BCUT2D eigenvalue weighted by molar-refractivity contribution is 14.1. The molecule has 1 fully saturated rings. The molecule has 4 nitrogen and oxygen atoms in total. The average molecular weight is 402 g/mol. The lowest BCUT2D eigenvalue weighted by atomic mass is 10.2. The van der Waals surface area contributed by atoms with Gasteiger partial charge in [-0.2, -0.15) is 0 Å². The highest BCUT2D eigenvalue weighted by Crippen LogP contribution is 2.14. The lowest BCUT2D eigenvalue weighted by Gasteiger charge is -2.19. The van der Waals surface area contributed by atoms with Crippen LogP contribution in [0.5, 0.6) is 5.75 Å². The maximum absolute atomic E-state index is 11.8. The van der Waals surface area contributed by atoms with Crippen LogP contribution in [-0.2, 0) is 4.79 Å². The number of likely N-dealkylation sites (tertiary alicyclic amines) is 1. The standard InChI is InChI=1S/C16H23IN2O2/c1-19-10-2-4-14(19)12-18-16(20)5-3-11-21-15-8-6-13(17)7-9-15/h6-9,14H,2-5,10-12H2,1H3,(H,18,20)/t14-/m0/s1. The molecule has 0 radical (unpaired) electrons. The van der Waals surface area contributed by atoms with Crippen molar-refractivity contribution in [1.29, 1.82) is 0 Å². The second-order valence-corrected chi connectivity index (χ2v) is 6.73. The molecule has 1 aromatic carbocycles. The number of nitrogens with one attached hydrogen (secondary N) is 1. The third-order valence-corrected chi connectivity index (χ3v) is 4.56. The average Bonchev–Trinajstić information content (AvgIpc) is 2.89. The number of hydrogen-bond donors (Lipinski definition) is 1. The fourth-order valence-corrected chi connectivity index (χ4v) is 2.87. The zero-order valence-corrected chi connectivity index (χ0v) is 14.6. The molecule has 0 aliphatic carbocycles. The SMILES string of the molecule is CN1CCC[C@H]1CNC(=O)CCCOc1ccc(I)cc1. The summed E-state index contributed by atoms with van der Waals surface area (Å²) in [4.78, 5) is 14.1. The Morgan fingerprint density at radius 3 is 2.86 bits per heavy atom. The summed E-state index contributed by atoms with van der Waals surface area (Å²) in [5, 5.41) is 3.02. The van der Waals surface area contributed by atoms with Crippen LogP contribution < -0.4 is 10.1 Å². The summed E-state index contributed by atoms with van der Waals surface area (Å²) in [5.41, 5.74) is 0. The van der Waals surface area contributed by atoms with E-state index >= 15 is 0 Å². The number of halogens is 1. The summed E-state index contributed by atoms with van der Waals surface area (Å²) in [5.74, 6) is 0.991. The molecule has 0 unspecified atom stereocenters. The number of rotatable bonds is 7. The van der Waals surface area contributed by atoms with Crippen LogP contribution in [0, 0.1) is 3.57 Å². The van der Waals surface area contributed by atoms with Crippen LogP contribution in [-0.4, -0.2) is 43.6 Å². The number of carbonyl (C=O) groups is 1. The monoisotopic (exact) mass is 402 g/mol. The Hall–Kier alpha value is -0.820. The molecule has 2 rings (SSSR count). The van der Waals surface area contributed by atoms with E-state index in [0.29, 0.717) is 19.1 Å². The van der Waals surface area contributed by atoms with Gasteiger partial charge in [-0.25, -0.2) is 0 Å². The van der Waals surface area contributed by atoms with Crippen LogP contribution in [0.15, 0.2) is 24.3 Å². The summed E-state index contributed by atoms with van der Waals surface area (Å²) in [6.45, 7) is 2.50. The van der Waals surface area contributed by atoms with E-state index in [-0.39, 0.29) is 5.91 Å². The van der Waals surface area contributed by atoms with Crippen molar-refractivity contribution in [1.82, 2.24) is 10.2 Å². The van der Waals surface area contributed by atoms with E-state index in [9.17, 15) is 4.79 Å². The Morgan fingerprint density at radius 1 is 1.43 bits per heavy atom. The summed E-state index contributed by atoms with van der Waals surface area (Å²) >= 11 is 2.26. The molecule has 0 saturated carbocycles. The van der Waals surface area contributed by atoms with E-state index in [4.69, 9.17) is 4.74 Å². The summed E-state index contributed by atoms with van der Waals surface area (Å²) < 4.78 is 6.81. The van der Waals surface area contributed by atoms with Crippen molar-refractivity contribution in [2.24, 2.45) is 0 Å². The van der Waals surface area contributed by atoms with Gasteiger partial charge in [-0.05, 0) is 79.7 Å². The van der Waals surface area contributed by atoms with Gasteiger partial charge in [0.05, 0.1) is 6.61 Å². The van der Waals surface area contributed by atoms with Crippen LogP contribution in [0.25, 0.3) is 0 Å². The number of benzene rings is 1. The van der Waals surface area contributed by atoms with Crippen molar-refractivity contribution in [3.8, 4) is 5.75 Å². The van der Waals surface area contributed by atoms with E-state index in [1.165, 1.54) is 16.4 Å². The molecule has 1 atom stereocenters. The van der Waals surface area contributed by atoms with Gasteiger partial charge in [-0.15, -0.1) is 0 Å². The largest absolute Gasteiger partial charge is 0.494 e. The molecule has 0 aromatic heterocycles. The zero-order chi connectivity index (χ0) is 15.1. The number of likely N-dealkylation sites (N-methyl/N-ethyl adjacent to an activating group) is 1. The molecule has 5 heteroatoms. The molecule has 1 amide bonds. The Balaban J connectivity index is 1.55. The summed E-state index contributed by atoms with van der Waals surface area (Å²) in [6.07, 6.45) is 3.70. The van der Waals surface area contributed by atoms with Gasteiger partial charge in [0.15, 0.2) is 0 Å². The zero-order valence-electron chi connectivity index (χ0n) is 12.5. The quantitative estimate of drug-likeness (QED) is 0.563. The molecule has 0 spiro atoms. The molecular formula is C16H23IN2O2. The number of nitrogens with zero attached hydrogens (tertiary/aromatic N) is 1. The van der Waals surface area contributed by atoms with Gasteiger partial charge in [0.2, 0.25) is 5.91 Å². The molecule has 1 saturated heterocycles. The minimum absolute atomic E-state index is 0.126. The van der Waals surface area contributed by atoms with E-state index in [0.717, 1.165) is 25.3 Å². The van der Waals surface area contributed by atoms with E-state index in [1.807, 2.05) is 24.3 Å². The predicted octanol–water partition coefficient (Wildman–Crippen LogP) is 2.66. The predicted molar refractivity (Wildman–Crippen MR) is 92.5 cm³/mol. The maximum atomic E-state index is 11.8. The molecule has 116 valence electrons. The van der Waals surface area contributed by atoms with E-state index in [1.54, 1.807) is 0 Å². The number of hydrogen-bond acceptors (Lipinski definition) is 3. The lowest BCUT2D eigenvalue weighted by Crippen LogP contribution is -2.38. The lowest BCUT2D eigenvalue weighted by molar-refractivity contribution is -0.121. The molecule has 1 N–H and O–H groups in total. The first-order chi connectivity index (χ1) is 10.1. The molecule has 0 bridgehead atoms. The van der Waals surface area contributed by atoms with Crippen molar-refractivity contribution in [2.45, 2.75) is 31.7 Å². The van der Waals surface area contributed by atoms with E-state index < -0.39 is 0 Å². The first-order valence-electron chi connectivity index (χ1n) is 7.50. The second-order valence-electron chi connectivity index (χ2n) is 5.49. The van der Waals surface area contributed by atoms with Crippen molar-refractivity contribution < 1.29 is 9.53 Å². The highest BCUT2D eigenvalue weighted by Gasteiger charge is 2.20. The molecule has 1 heterocycles. The summed E-state index contributed by atoms with van der Waals surface area (Å²) in [6, 6.07) is 8.45. The topological polar surface area (TPSA) is 41.6 Å². The third kappa shape index (κ3) is 5.82. The van der Waals surface area contributed by atoms with Crippen LogP contribution >= 0.6 is 22.6 Å². The smallest absolute Gasteiger partial charge is 0.220 e. The minimum Gasteiger partial charge on any atom is -0.494 e. The second kappa shape index (κ2) is 8.58. The normalized spacial score (nSPS) is 18.7. The fourth-order valence-electron chi connectivity index (χ4n) is 2.51. The van der Waals surface area contributed by atoms with Crippen molar-refractivity contribution in [2.75, 3.05) is 26.7 Å². The molecule has 1 aliphatic rings. The molecule has 21 heavy (non-hydrogen) atoms. The van der Waals surface area contributed by atoms with Crippen LogP contribution in [0.4, 0.5) is 0 Å². The third-order valence-electron chi connectivity index (χ3n) is 3.84. The van der Waals surface area contributed by atoms with Crippen molar-refractivity contribution in [3.05, 3.63) is 27.8 Å². The number of carbonyl (C=O) groups excluding carboxylic acids is 1. The van der Waals surface area contributed by atoms with Gasteiger partial charge in [0.1, 0.15) is 5.75 Å². The van der Waals surface area contributed by atoms with Crippen molar-refractivity contribution in [3.63, 3.8) is 0 Å².